The van der Waals surface area contributed by atoms with Gasteiger partial charge in [-0.05, 0) is 24.3 Å². The number of phenols is 1. The number of alkyl halides is 3. The van der Waals surface area contributed by atoms with Crippen LogP contribution in [0.5, 0.6) is 11.5 Å². The number of benzene rings is 1. The number of hydrogen-bond acceptors (Lipinski definition) is 6. The molecule has 1 fully saturated rings. The minimum atomic E-state index is -4.92. The third-order valence-corrected chi connectivity index (χ3v) is 2.65. The van der Waals surface area contributed by atoms with E-state index in [0.717, 1.165) is 24.3 Å². The second kappa shape index (κ2) is 5.49. The number of hydrogen-bond donors (Lipinski definition) is 1. The summed E-state index contributed by atoms with van der Waals surface area (Å²) >= 11 is 0. The number of aromatic hydroxyl groups is 1. The number of carbonyl (C=O) groups is 2. The Morgan fingerprint density at radius 1 is 1.17 bits per heavy atom. The second-order valence-corrected chi connectivity index (χ2v) is 5.01. The van der Waals surface area contributed by atoms with Gasteiger partial charge in [0.1, 0.15) is 17.1 Å². The van der Waals surface area contributed by atoms with Crippen LogP contribution in [-0.4, -0.2) is 29.2 Å². The molecule has 0 amide bonds. The maximum atomic E-state index is 12.2. The Balaban J connectivity index is 2.37. The third-order valence-electron chi connectivity index (χ3n) is 2.65. The Hall–Kier alpha value is -2.71. The standard InChI is InChI=1S/C14H11F3O6/c1-13(2)22-11(19)9(12(20)23-13)6-7-5-8(3-4-10(7)18)21-14(15,16)17/h3-6,18H,1-2H3. The van der Waals surface area contributed by atoms with E-state index in [9.17, 15) is 27.9 Å². The van der Waals surface area contributed by atoms with Crippen molar-refractivity contribution in [1.29, 1.82) is 0 Å². The zero-order chi connectivity index (χ0) is 17.4. The van der Waals surface area contributed by atoms with Crippen LogP contribution in [0, 0.1) is 0 Å². The average Bonchev–Trinajstić information content (AvgIpc) is 2.34. The summed E-state index contributed by atoms with van der Waals surface area (Å²) in [7, 11) is 0. The molecule has 1 aromatic rings. The number of phenolic OH excluding ortho intramolecular Hbond substituents is 1. The van der Waals surface area contributed by atoms with Gasteiger partial charge in [-0.15, -0.1) is 13.2 Å². The van der Waals surface area contributed by atoms with Gasteiger partial charge in [-0.3, -0.25) is 0 Å². The van der Waals surface area contributed by atoms with E-state index in [1.807, 2.05) is 0 Å². The minimum Gasteiger partial charge on any atom is -0.507 e. The number of cyclic esters (lactones) is 2. The summed E-state index contributed by atoms with van der Waals surface area (Å²) in [6.45, 7) is 2.68. The van der Waals surface area contributed by atoms with Crippen molar-refractivity contribution in [3.05, 3.63) is 29.3 Å². The predicted molar refractivity (Wildman–Crippen MR) is 69.0 cm³/mol. The Morgan fingerprint density at radius 3 is 2.26 bits per heavy atom. The number of esters is 2. The molecule has 0 unspecified atom stereocenters. The van der Waals surface area contributed by atoms with Gasteiger partial charge in [-0.25, -0.2) is 9.59 Å². The molecule has 1 heterocycles. The summed E-state index contributed by atoms with van der Waals surface area (Å²) in [5.74, 6) is -4.58. The van der Waals surface area contributed by atoms with Gasteiger partial charge < -0.3 is 19.3 Å². The van der Waals surface area contributed by atoms with Crippen LogP contribution in [0.3, 0.4) is 0 Å². The normalized spacial score (nSPS) is 17.3. The van der Waals surface area contributed by atoms with Crippen LogP contribution >= 0.6 is 0 Å². The molecular weight excluding hydrogens is 321 g/mol. The second-order valence-electron chi connectivity index (χ2n) is 5.01. The molecule has 1 aromatic carbocycles. The lowest BCUT2D eigenvalue weighted by Crippen LogP contribution is -2.41. The summed E-state index contributed by atoms with van der Waals surface area (Å²) in [6.07, 6.45) is -4.06. The van der Waals surface area contributed by atoms with Crippen molar-refractivity contribution in [2.75, 3.05) is 0 Å². The molecule has 23 heavy (non-hydrogen) atoms. The highest BCUT2D eigenvalue weighted by atomic mass is 19.4. The number of halogens is 3. The van der Waals surface area contributed by atoms with Gasteiger partial charge in [0.05, 0.1) is 0 Å². The number of rotatable bonds is 2. The smallest absolute Gasteiger partial charge is 0.507 e. The Kier molecular flexibility index (Phi) is 3.97. The first-order valence-electron chi connectivity index (χ1n) is 6.24. The van der Waals surface area contributed by atoms with E-state index in [2.05, 4.69) is 4.74 Å². The van der Waals surface area contributed by atoms with Crippen molar-refractivity contribution in [3.63, 3.8) is 0 Å². The lowest BCUT2D eigenvalue weighted by atomic mass is 10.1. The van der Waals surface area contributed by atoms with Crippen LogP contribution in [0.2, 0.25) is 0 Å². The molecule has 1 saturated heterocycles. The fraction of sp³-hybridized carbons (Fsp3) is 0.286. The van der Waals surface area contributed by atoms with Crippen molar-refractivity contribution in [3.8, 4) is 11.5 Å². The molecule has 1 aliphatic rings. The minimum absolute atomic E-state index is 0.240. The molecule has 9 heteroatoms. The Morgan fingerprint density at radius 2 is 1.74 bits per heavy atom. The van der Waals surface area contributed by atoms with Gasteiger partial charge in [0.2, 0.25) is 0 Å². The lowest BCUT2D eigenvalue weighted by molar-refractivity contribution is -0.274. The van der Waals surface area contributed by atoms with Crippen molar-refractivity contribution in [2.45, 2.75) is 26.0 Å². The third kappa shape index (κ3) is 4.15. The van der Waals surface area contributed by atoms with E-state index in [-0.39, 0.29) is 5.56 Å². The fourth-order valence-corrected chi connectivity index (χ4v) is 1.78. The molecule has 0 spiro atoms. The van der Waals surface area contributed by atoms with E-state index in [1.54, 1.807) is 0 Å². The molecule has 1 N–H and O–H groups in total. The van der Waals surface area contributed by atoms with Crippen molar-refractivity contribution < 1.29 is 42.1 Å². The number of ether oxygens (including phenoxy) is 3. The van der Waals surface area contributed by atoms with Crippen LogP contribution in [-0.2, 0) is 19.1 Å². The highest BCUT2D eigenvalue weighted by molar-refractivity contribution is 6.19. The molecule has 0 saturated carbocycles. The maximum absolute atomic E-state index is 12.2. The summed E-state index contributed by atoms with van der Waals surface area (Å²) in [5, 5.41) is 9.65. The molecule has 2 rings (SSSR count). The van der Waals surface area contributed by atoms with Gasteiger partial charge in [-0.2, -0.15) is 0 Å². The predicted octanol–water partition coefficient (Wildman–Crippen LogP) is 2.51. The molecule has 0 aliphatic carbocycles. The first-order chi connectivity index (χ1) is 10.5. The molecule has 1 aliphatic heterocycles. The Bertz CT molecular complexity index is 668. The highest BCUT2D eigenvalue weighted by Crippen LogP contribution is 2.31. The number of carbonyl (C=O) groups excluding carboxylic acids is 2. The summed E-state index contributed by atoms with van der Waals surface area (Å²) in [5.41, 5.74) is -0.806. The van der Waals surface area contributed by atoms with Crippen LogP contribution in [0.25, 0.3) is 6.08 Å². The molecule has 0 atom stereocenters. The van der Waals surface area contributed by atoms with Crippen LogP contribution in [0.15, 0.2) is 23.8 Å². The van der Waals surface area contributed by atoms with Crippen molar-refractivity contribution in [1.82, 2.24) is 0 Å². The Labute approximate surface area is 128 Å². The average molecular weight is 332 g/mol. The lowest BCUT2D eigenvalue weighted by Gasteiger charge is -2.29. The van der Waals surface area contributed by atoms with Crippen molar-refractivity contribution >= 4 is 18.0 Å². The van der Waals surface area contributed by atoms with Crippen molar-refractivity contribution in [2.24, 2.45) is 0 Å². The molecule has 0 aromatic heterocycles. The maximum Gasteiger partial charge on any atom is 0.573 e. The zero-order valence-corrected chi connectivity index (χ0v) is 11.9. The molecular formula is C14H11F3O6. The molecule has 0 bridgehead atoms. The van der Waals surface area contributed by atoms with E-state index < -0.39 is 41.2 Å². The van der Waals surface area contributed by atoms with Crippen LogP contribution in [0.4, 0.5) is 13.2 Å². The molecule has 6 nitrogen and oxygen atoms in total. The van der Waals surface area contributed by atoms with Crippen LogP contribution < -0.4 is 4.74 Å². The van der Waals surface area contributed by atoms with Gasteiger partial charge in [-0.1, -0.05) is 0 Å². The van der Waals surface area contributed by atoms with Gasteiger partial charge in [0.25, 0.3) is 5.79 Å². The largest absolute Gasteiger partial charge is 0.573 e. The zero-order valence-electron chi connectivity index (χ0n) is 11.9. The first kappa shape index (κ1) is 16.7. The quantitative estimate of drug-likeness (QED) is 0.509. The summed E-state index contributed by atoms with van der Waals surface area (Å²) in [4.78, 5) is 23.5. The first-order valence-corrected chi connectivity index (χ1v) is 6.24. The topological polar surface area (TPSA) is 82.1 Å². The highest BCUT2D eigenvalue weighted by Gasteiger charge is 2.39. The molecule has 0 radical (unpaired) electrons. The monoisotopic (exact) mass is 332 g/mol. The summed E-state index contributed by atoms with van der Waals surface area (Å²) in [6, 6.07) is 2.62. The van der Waals surface area contributed by atoms with Crippen LogP contribution in [0.1, 0.15) is 19.4 Å². The summed E-state index contributed by atoms with van der Waals surface area (Å²) < 4.78 is 50.0. The van der Waals surface area contributed by atoms with E-state index >= 15 is 0 Å². The van der Waals surface area contributed by atoms with Gasteiger partial charge in [0, 0.05) is 19.4 Å². The van der Waals surface area contributed by atoms with E-state index in [4.69, 9.17) is 9.47 Å². The fourth-order valence-electron chi connectivity index (χ4n) is 1.78. The van der Waals surface area contributed by atoms with E-state index in [0.29, 0.717) is 0 Å². The SMILES string of the molecule is CC1(C)OC(=O)C(=Cc2cc(OC(F)(F)F)ccc2O)C(=O)O1. The van der Waals surface area contributed by atoms with Gasteiger partial charge in [0.15, 0.2) is 0 Å². The van der Waals surface area contributed by atoms with Gasteiger partial charge >= 0.3 is 18.3 Å². The molecule has 124 valence electrons. The van der Waals surface area contributed by atoms with E-state index in [1.165, 1.54) is 13.8 Å².